The second-order valence-corrected chi connectivity index (χ2v) is 6.55. The van der Waals surface area contributed by atoms with Crippen LogP contribution < -0.4 is 5.32 Å². The van der Waals surface area contributed by atoms with Gasteiger partial charge in [0.15, 0.2) is 0 Å². The van der Waals surface area contributed by atoms with Crippen molar-refractivity contribution in [2.75, 3.05) is 0 Å². The van der Waals surface area contributed by atoms with Crippen LogP contribution in [0, 0.1) is 0 Å². The molecule has 1 nitrogen and oxygen atoms in total. The molecule has 1 heteroatoms. The standard InChI is InChI=1S/C18H39N/c1-5-7-9-11-13-15-17(3)19-18(4)16-14-12-10-8-6-2/h17-19H,5-16H2,1-4H3/p+1. The summed E-state index contributed by atoms with van der Waals surface area (Å²) in [7, 11) is 0. The van der Waals surface area contributed by atoms with Crippen molar-refractivity contribution in [2.24, 2.45) is 0 Å². The zero-order valence-electron chi connectivity index (χ0n) is 14.2. The summed E-state index contributed by atoms with van der Waals surface area (Å²) in [4.78, 5) is 0. The molecular weight excluding hydrogens is 230 g/mol. The van der Waals surface area contributed by atoms with Crippen LogP contribution in [0.5, 0.6) is 0 Å². The van der Waals surface area contributed by atoms with E-state index >= 15 is 0 Å². The van der Waals surface area contributed by atoms with Gasteiger partial charge in [-0.2, -0.15) is 0 Å². The van der Waals surface area contributed by atoms with E-state index in [0.717, 1.165) is 12.1 Å². The third-order valence-electron chi connectivity index (χ3n) is 4.18. The molecule has 0 fully saturated rings. The lowest BCUT2D eigenvalue weighted by Gasteiger charge is -2.16. The van der Waals surface area contributed by atoms with Crippen molar-refractivity contribution in [3.63, 3.8) is 0 Å². The lowest BCUT2D eigenvalue weighted by atomic mass is 10.0. The van der Waals surface area contributed by atoms with Crippen LogP contribution in [0.15, 0.2) is 0 Å². The number of rotatable bonds is 14. The van der Waals surface area contributed by atoms with Crippen molar-refractivity contribution in [3.05, 3.63) is 0 Å². The van der Waals surface area contributed by atoms with Gasteiger partial charge in [-0.15, -0.1) is 0 Å². The van der Waals surface area contributed by atoms with Crippen molar-refractivity contribution in [2.45, 2.75) is 117 Å². The molecule has 19 heavy (non-hydrogen) atoms. The fourth-order valence-electron chi connectivity index (χ4n) is 2.89. The van der Waals surface area contributed by atoms with Crippen LogP contribution >= 0.6 is 0 Å². The summed E-state index contributed by atoms with van der Waals surface area (Å²) in [5, 5.41) is 2.61. The lowest BCUT2D eigenvalue weighted by Crippen LogP contribution is -2.93. The fourth-order valence-corrected chi connectivity index (χ4v) is 2.89. The first kappa shape index (κ1) is 19.0. The maximum Gasteiger partial charge on any atom is 0.0832 e. The van der Waals surface area contributed by atoms with Gasteiger partial charge in [0.25, 0.3) is 0 Å². The molecule has 0 aliphatic carbocycles. The first-order valence-electron chi connectivity index (χ1n) is 9.05. The average Bonchev–Trinajstić information content (AvgIpc) is 2.38. The average molecular weight is 271 g/mol. The Morgan fingerprint density at radius 3 is 1.32 bits per heavy atom. The van der Waals surface area contributed by atoms with E-state index in [-0.39, 0.29) is 0 Å². The molecule has 0 aliphatic rings. The van der Waals surface area contributed by atoms with Crippen LogP contribution in [0.25, 0.3) is 0 Å². The molecule has 0 spiro atoms. The highest BCUT2D eigenvalue weighted by Crippen LogP contribution is 2.07. The van der Waals surface area contributed by atoms with E-state index in [9.17, 15) is 0 Å². The van der Waals surface area contributed by atoms with Crippen LogP contribution in [0.3, 0.4) is 0 Å². The maximum absolute atomic E-state index is 2.61. The summed E-state index contributed by atoms with van der Waals surface area (Å²) in [5.74, 6) is 0. The van der Waals surface area contributed by atoms with Gasteiger partial charge in [-0.05, 0) is 39.5 Å². The SMILES string of the molecule is CCCCCCCC(C)[NH2+]C(C)CCCCCCC. The van der Waals surface area contributed by atoms with Crippen LogP contribution in [-0.4, -0.2) is 12.1 Å². The second-order valence-electron chi connectivity index (χ2n) is 6.55. The minimum absolute atomic E-state index is 0.826. The molecule has 0 aromatic carbocycles. The molecule has 0 aromatic heterocycles. The predicted octanol–water partition coefficient (Wildman–Crippen LogP) is 5.05. The molecule has 2 atom stereocenters. The quantitative estimate of drug-likeness (QED) is 0.425. The maximum atomic E-state index is 2.61. The Morgan fingerprint density at radius 2 is 0.947 bits per heavy atom. The van der Waals surface area contributed by atoms with Crippen molar-refractivity contribution >= 4 is 0 Å². The predicted molar refractivity (Wildman–Crippen MR) is 87.6 cm³/mol. The number of hydrogen-bond acceptors (Lipinski definition) is 0. The summed E-state index contributed by atoms with van der Waals surface area (Å²) >= 11 is 0. The summed E-state index contributed by atoms with van der Waals surface area (Å²) in [6, 6.07) is 1.65. The summed E-state index contributed by atoms with van der Waals surface area (Å²) in [5.41, 5.74) is 0. The van der Waals surface area contributed by atoms with E-state index in [0.29, 0.717) is 0 Å². The molecule has 0 heterocycles. The van der Waals surface area contributed by atoms with Gasteiger partial charge in [0.1, 0.15) is 0 Å². The van der Waals surface area contributed by atoms with Gasteiger partial charge in [-0.1, -0.05) is 65.2 Å². The third-order valence-corrected chi connectivity index (χ3v) is 4.18. The molecule has 2 unspecified atom stereocenters. The zero-order chi connectivity index (χ0) is 14.3. The van der Waals surface area contributed by atoms with E-state index in [1.807, 2.05) is 0 Å². The lowest BCUT2D eigenvalue weighted by molar-refractivity contribution is -0.716. The Hall–Kier alpha value is -0.0400. The van der Waals surface area contributed by atoms with Crippen LogP contribution in [0.4, 0.5) is 0 Å². The number of quaternary nitrogens is 1. The van der Waals surface area contributed by atoms with Gasteiger partial charge in [0.2, 0.25) is 0 Å². The number of hydrogen-bond donors (Lipinski definition) is 1. The number of unbranched alkanes of at least 4 members (excludes halogenated alkanes) is 8. The van der Waals surface area contributed by atoms with Crippen molar-refractivity contribution in [1.29, 1.82) is 0 Å². The highest BCUT2D eigenvalue weighted by molar-refractivity contribution is 4.53. The Labute approximate surface area is 122 Å². The summed E-state index contributed by atoms with van der Waals surface area (Å²) in [6.07, 6.45) is 17.0. The third kappa shape index (κ3) is 14.2. The molecule has 0 rings (SSSR count). The van der Waals surface area contributed by atoms with Crippen LogP contribution in [-0.2, 0) is 0 Å². The molecule has 0 saturated carbocycles. The van der Waals surface area contributed by atoms with Gasteiger partial charge >= 0.3 is 0 Å². The summed E-state index contributed by atoms with van der Waals surface area (Å²) in [6.45, 7) is 9.40. The zero-order valence-corrected chi connectivity index (χ0v) is 14.2. The van der Waals surface area contributed by atoms with Gasteiger partial charge in [-0.3, -0.25) is 0 Å². The van der Waals surface area contributed by atoms with E-state index in [1.54, 1.807) is 0 Å². The Morgan fingerprint density at radius 1 is 0.579 bits per heavy atom. The highest BCUT2D eigenvalue weighted by atomic mass is 14.9. The molecule has 0 aliphatic heterocycles. The minimum atomic E-state index is 0.826. The van der Waals surface area contributed by atoms with Gasteiger partial charge in [0.05, 0.1) is 12.1 Å². The Balaban J connectivity index is 3.34. The Kier molecular flexibility index (Phi) is 14.3. The van der Waals surface area contributed by atoms with E-state index in [2.05, 4.69) is 33.0 Å². The molecule has 0 bridgehead atoms. The first-order chi connectivity index (χ1) is 9.20. The van der Waals surface area contributed by atoms with Crippen LogP contribution in [0.1, 0.15) is 105 Å². The van der Waals surface area contributed by atoms with Crippen molar-refractivity contribution < 1.29 is 5.32 Å². The topological polar surface area (TPSA) is 16.6 Å². The molecule has 0 saturated heterocycles. The fraction of sp³-hybridized carbons (Fsp3) is 1.00. The van der Waals surface area contributed by atoms with Gasteiger partial charge < -0.3 is 5.32 Å². The largest absolute Gasteiger partial charge is 0.342 e. The minimum Gasteiger partial charge on any atom is -0.342 e. The monoisotopic (exact) mass is 270 g/mol. The molecule has 0 amide bonds. The molecule has 2 N–H and O–H groups in total. The smallest absolute Gasteiger partial charge is 0.0832 e. The van der Waals surface area contributed by atoms with Crippen molar-refractivity contribution in [1.82, 2.24) is 0 Å². The van der Waals surface area contributed by atoms with E-state index in [1.165, 1.54) is 77.0 Å². The van der Waals surface area contributed by atoms with Crippen molar-refractivity contribution in [3.8, 4) is 0 Å². The normalized spacial score (nSPS) is 14.5. The second kappa shape index (κ2) is 14.4. The molecule has 0 radical (unpaired) electrons. The molecule has 0 aromatic rings. The Bertz CT molecular complexity index is 149. The van der Waals surface area contributed by atoms with Gasteiger partial charge in [-0.25, -0.2) is 0 Å². The van der Waals surface area contributed by atoms with E-state index < -0.39 is 0 Å². The summed E-state index contributed by atoms with van der Waals surface area (Å²) < 4.78 is 0. The van der Waals surface area contributed by atoms with E-state index in [4.69, 9.17) is 0 Å². The first-order valence-corrected chi connectivity index (χ1v) is 9.05. The highest BCUT2D eigenvalue weighted by Gasteiger charge is 2.10. The molecule has 116 valence electrons. The number of nitrogens with two attached hydrogens (primary N) is 1. The molecular formula is C18H40N+. The van der Waals surface area contributed by atoms with Crippen LogP contribution in [0.2, 0.25) is 0 Å². The van der Waals surface area contributed by atoms with Gasteiger partial charge in [0, 0.05) is 0 Å².